The van der Waals surface area contributed by atoms with Crippen LogP contribution in [0.3, 0.4) is 0 Å². The van der Waals surface area contributed by atoms with Gasteiger partial charge in [0.2, 0.25) is 6.29 Å². The van der Waals surface area contributed by atoms with Crippen LogP contribution in [0.25, 0.3) is 0 Å². The molecule has 1 unspecified atom stereocenters. The number of ether oxygens (including phenoxy) is 2. The van der Waals surface area contributed by atoms with Crippen molar-refractivity contribution in [3.63, 3.8) is 0 Å². The predicted octanol–water partition coefficient (Wildman–Crippen LogP) is -0.734. The van der Waals surface area contributed by atoms with Gasteiger partial charge in [0, 0.05) is 0 Å². The summed E-state index contributed by atoms with van der Waals surface area (Å²) in [5.41, 5.74) is 0.0846. The van der Waals surface area contributed by atoms with E-state index < -0.39 is 54.5 Å². The van der Waals surface area contributed by atoms with Gasteiger partial charge >= 0.3 is 5.97 Å². The van der Waals surface area contributed by atoms with Gasteiger partial charge < -0.3 is 29.9 Å². The molecule has 7 nitrogen and oxygen atoms in total. The van der Waals surface area contributed by atoms with Gasteiger partial charge in [0.15, 0.2) is 6.10 Å². The standard InChI is InChI=1S/C13H16O7/c1-6-2-4-7(5-3-6)19-13-10(16)8(14)9(15)11(20-13)12(17)18/h2-5,8-11,13-16H,1H3,(H,17,18)/t8-,9-,10+,11-,13?/m0/s1/i2D,3D,4D,5D. The van der Waals surface area contributed by atoms with E-state index in [1.54, 1.807) is 0 Å². The third-order valence-corrected chi connectivity index (χ3v) is 2.77. The van der Waals surface area contributed by atoms with Crippen LogP contribution in [0.2, 0.25) is 0 Å². The first-order valence-electron chi connectivity index (χ1n) is 7.74. The van der Waals surface area contributed by atoms with E-state index in [1.807, 2.05) is 0 Å². The summed E-state index contributed by atoms with van der Waals surface area (Å²) < 4.78 is 41.0. The van der Waals surface area contributed by atoms with E-state index in [2.05, 4.69) is 0 Å². The molecule has 2 rings (SSSR count). The molecule has 1 heterocycles. The number of hydrogen-bond donors (Lipinski definition) is 4. The molecule has 0 radical (unpaired) electrons. The average molecular weight is 288 g/mol. The van der Waals surface area contributed by atoms with Crippen molar-refractivity contribution >= 4 is 5.97 Å². The Morgan fingerprint density at radius 3 is 2.35 bits per heavy atom. The second kappa shape index (κ2) is 5.76. The van der Waals surface area contributed by atoms with Gasteiger partial charge in [-0.15, -0.1) is 0 Å². The van der Waals surface area contributed by atoms with Gasteiger partial charge in [-0.25, -0.2) is 4.79 Å². The van der Waals surface area contributed by atoms with Crippen LogP contribution in [-0.4, -0.2) is 57.1 Å². The molecule has 0 amide bonds. The Bertz CT molecular complexity index is 639. The first kappa shape index (κ1) is 10.1. The van der Waals surface area contributed by atoms with Crippen LogP contribution in [0.5, 0.6) is 5.75 Å². The van der Waals surface area contributed by atoms with Crippen molar-refractivity contribution in [2.45, 2.75) is 37.6 Å². The first-order chi connectivity index (χ1) is 11.1. The number of carbonyl (C=O) groups is 1. The molecule has 0 bridgehead atoms. The smallest absolute Gasteiger partial charge is 0.335 e. The Morgan fingerprint density at radius 2 is 1.80 bits per heavy atom. The van der Waals surface area contributed by atoms with Crippen LogP contribution in [0, 0.1) is 6.92 Å². The zero-order valence-electron chi connectivity index (χ0n) is 14.4. The molecule has 0 spiro atoms. The van der Waals surface area contributed by atoms with Crippen LogP contribution in [0.4, 0.5) is 0 Å². The Labute approximate surface area is 120 Å². The number of rotatable bonds is 3. The molecular weight excluding hydrogens is 268 g/mol. The molecule has 1 fully saturated rings. The van der Waals surface area contributed by atoms with Crippen molar-refractivity contribution in [2.24, 2.45) is 0 Å². The summed E-state index contributed by atoms with van der Waals surface area (Å²) in [6, 6.07) is -1.83. The average Bonchev–Trinajstić information content (AvgIpc) is 2.54. The number of aliphatic hydroxyl groups is 3. The van der Waals surface area contributed by atoms with E-state index >= 15 is 0 Å². The topological polar surface area (TPSA) is 116 Å². The maximum Gasteiger partial charge on any atom is 0.335 e. The molecule has 0 aromatic heterocycles. The molecule has 110 valence electrons. The highest BCUT2D eigenvalue weighted by Crippen LogP contribution is 2.24. The zero-order valence-corrected chi connectivity index (χ0v) is 10.4. The molecule has 20 heavy (non-hydrogen) atoms. The van der Waals surface area contributed by atoms with Gasteiger partial charge in [-0.2, -0.15) is 0 Å². The normalized spacial score (nSPS) is 36.5. The lowest BCUT2D eigenvalue weighted by Crippen LogP contribution is -2.61. The van der Waals surface area contributed by atoms with Crippen LogP contribution >= 0.6 is 0 Å². The summed E-state index contributed by atoms with van der Waals surface area (Å²) >= 11 is 0. The highest BCUT2D eigenvalue weighted by molar-refractivity contribution is 5.73. The number of carboxylic acid groups (broad SMARTS) is 1. The SMILES string of the molecule is [2H]c1c([2H])c(OC2O[C@H](C(=O)O)[C@@H](O)[C@H](O)[C@H]2O)c([2H])c([2H])c1C. The van der Waals surface area contributed by atoms with Gasteiger partial charge in [0.25, 0.3) is 0 Å². The molecular formula is C13H16O7. The lowest BCUT2D eigenvalue weighted by Gasteiger charge is -2.38. The number of carboxylic acids is 1. The van der Waals surface area contributed by atoms with Crippen LogP contribution < -0.4 is 4.74 Å². The van der Waals surface area contributed by atoms with E-state index in [1.165, 1.54) is 6.92 Å². The number of aliphatic hydroxyl groups excluding tert-OH is 3. The van der Waals surface area contributed by atoms with Gasteiger partial charge in [-0.3, -0.25) is 0 Å². The maximum atomic E-state index is 11.0. The summed E-state index contributed by atoms with van der Waals surface area (Å²) in [7, 11) is 0. The lowest BCUT2D eigenvalue weighted by molar-refractivity contribution is -0.271. The van der Waals surface area contributed by atoms with Crippen molar-refractivity contribution in [3.8, 4) is 5.75 Å². The first-order valence-corrected chi connectivity index (χ1v) is 5.74. The molecule has 0 aliphatic carbocycles. The van der Waals surface area contributed by atoms with E-state index in [9.17, 15) is 20.1 Å². The maximum absolute atomic E-state index is 11.0. The third kappa shape index (κ3) is 2.91. The molecule has 4 N–H and O–H groups in total. The van der Waals surface area contributed by atoms with Crippen molar-refractivity contribution in [3.05, 3.63) is 29.7 Å². The Morgan fingerprint density at radius 1 is 1.20 bits per heavy atom. The van der Waals surface area contributed by atoms with Gasteiger partial charge in [0.05, 0.1) is 5.48 Å². The van der Waals surface area contributed by atoms with Crippen LogP contribution in [-0.2, 0) is 9.53 Å². The molecule has 0 saturated carbocycles. The molecule has 5 atom stereocenters. The summed E-state index contributed by atoms with van der Waals surface area (Å²) in [4.78, 5) is 11.0. The summed E-state index contributed by atoms with van der Waals surface area (Å²) in [5, 5.41) is 38.1. The largest absolute Gasteiger partial charge is 0.479 e. The number of hydrogen-bond acceptors (Lipinski definition) is 6. The van der Waals surface area contributed by atoms with Gasteiger partial charge in [-0.1, -0.05) is 17.6 Å². The molecule has 1 saturated heterocycles. The van der Waals surface area contributed by atoms with E-state index in [0.29, 0.717) is 0 Å². The second-order valence-electron chi connectivity index (χ2n) is 4.31. The fourth-order valence-corrected chi connectivity index (χ4v) is 1.69. The lowest BCUT2D eigenvalue weighted by atomic mass is 9.99. The summed E-state index contributed by atoms with van der Waals surface area (Å²) in [6.45, 7) is 1.39. The highest BCUT2D eigenvalue weighted by Gasteiger charge is 2.48. The molecule has 1 aliphatic rings. The number of aliphatic carboxylic acids is 1. The van der Waals surface area contributed by atoms with E-state index in [4.69, 9.17) is 20.1 Å². The number of benzene rings is 1. The highest BCUT2D eigenvalue weighted by atomic mass is 16.7. The predicted molar refractivity (Wildman–Crippen MR) is 66.1 cm³/mol. The van der Waals surface area contributed by atoms with Gasteiger partial charge in [-0.05, 0) is 19.0 Å². The molecule has 1 aliphatic heterocycles. The van der Waals surface area contributed by atoms with Gasteiger partial charge in [0.1, 0.15) is 24.1 Å². The Hall–Kier alpha value is -1.67. The van der Waals surface area contributed by atoms with Crippen molar-refractivity contribution < 1.29 is 40.2 Å². The monoisotopic (exact) mass is 288 g/mol. The van der Waals surface area contributed by atoms with Crippen LogP contribution in [0.1, 0.15) is 11.0 Å². The van der Waals surface area contributed by atoms with Crippen molar-refractivity contribution in [1.29, 1.82) is 0 Å². The van der Waals surface area contributed by atoms with Crippen molar-refractivity contribution in [2.75, 3.05) is 0 Å². The zero-order chi connectivity index (χ0) is 18.3. The minimum Gasteiger partial charge on any atom is -0.479 e. The molecule has 7 heteroatoms. The fraction of sp³-hybridized carbons (Fsp3) is 0.462. The molecule has 1 aromatic carbocycles. The Balaban J connectivity index is 2.39. The fourth-order valence-electron chi connectivity index (χ4n) is 1.69. The van der Waals surface area contributed by atoms with E-state index in [-0.39, 0.29) is 17.6 Å². The summed E-state index contributed by atoms with van der Waals surface area (Å²) in [6.07, 6.45) is -9.36. The summed E-state index contributed by atoms with van der Waals surface area (Å²) in [5.74, 6) is -2.17. The Kier molecular flexibility index (Phi) is 2.91. The second-order valence-corrected chi connectivity index (χ2v) is 4.31. The van der Waals surface area contributed by atoms with Crippen molar-refractivity contribution in [1.82, 2.24) is 0 Å². The minimum absolute atomic E-state index is 0.0846. The van der Waals surface area contributed by atoms with Crippen LogP contribution in [0.15, 0.2) is 24.2 Å². The van der Waals surface area contributed by atoms with E-state index in [0.717, 1.165) is 0 Å². The quantitative estimate of drug-likeness (QED) is 0.579. The molecule has 1 aromatic rings. The third-order valence-electron chi connectivity index (χ3n) is 2.77. The minimum atomic E-state index is -1.90.